The Morgan fingerprint density at radius 1 is 1.33 bits per heavy atom. The van der Waals surface area contributed by atoms with Gasteiger partial charge >= 0.3 is 0 Å². The third kappa shape index (κ3) is 1.87. The molecule has 0 atom stereocenters. The van der Waals surface area contributed by atoms with E-state index in [0.29, 0.717) is 0 Å². The van der Waals surface area contributed by atoms with Crippen molar-refractivity contribution in [2.24, 2.45) is 0 Å². The number of nitriles is 1. The minimum absolute atomic E-state index is 0.104. The van der Waals surface area contributed by atoms with Crippen LogP contribution in [0.3, 0.4) is 0 Å². The Morgan fingerprint density at radius 2 is 2.22 bits per heavy atom. The molecule has 0 spiro atoms. The number of hydrogen-bond donors (Lipinski definition) is 0. The largest absolute Gasteiger partial charge is 0.367 e. The summed E-state index contributed by atoms with van der Waals surface area (Å²) in [6.45, 7) is 1.73. The average Bonchev–Trinajstić information content (AvgIpc) is 2.85. The Kier molecular flexibility index (Phi) is 2.77. The number of anilines is 1. The third-order valence-electron chi connectivity index (χ3n) is 3.25. The van der Waals surface area contributed by atoms with Crippen LogP contribution in [0, 0.1) is 17.1 Å². The lowest BCUT2D eigenvalue weighted by Gasteiger charge is -2.29. The normalized spacial score (nSPS) is 14.1. The highest BCUT2D eigenvalue weighted by Crippen LogP contribution is 2.28. The summed E-state index contributed by atoms with van der Waals surface area (Å²) >= 11 is 1.79. The highest BCUT2D eigenvalue weighted by atomic mass is 32.1. The number of thiophene rings is 1. The lowest BCUT2D eigenvalue weighted by molar-refractivity contribution is 0.621. The van der Waals surface area contributed by atoms with E-state index in [1.807, 2.05) is 12.1 Å². The Bertz CT molecular complexity index is 627. The van der Waals surface area contributed by atoms with Crippen LogP contribution in [0.25, 0.3) is 0 Å². The molecule has 0 saturated heterocycles. The van der Waals surface area contributed by atoms with Gasteiger partial charge in [0.1, 0.15) is 11.9 Å². The lowest BCUT2D eigenvalue weighted by Crippen LogP contribution is -2.29. The molecule has 2 heterocycles. The molecule has 0 amide bonds. The molecule has 4 heteroatoms. The second-order valence-corrected chi connectivity index (χ2v) is 5.32. The minimum Gasteiger partial charge on any atom is -0.367 e. The quantitative estimate of drug-likeness (QED) is 0.784. The van der Waals surface area contributed by atoms with Gasteiger partial charge in [-0.25, -0.2) is 4.39 Å². The van der Waals surface area contributed by atoms with E-state index in [0.717, 1.165) is 25.2 Å². The van der Waals surface area contributed by atoms with Crippen molar-refractivity contribution >= 4 is 17.0 Å². The predicted octanol–water partition coefficient (Wildman–Crippen LogP) is 3.32. The van der Waals surface area contributed by atoms with Crippen LogP contribution < -0.4 is 4.90 Å². The van der Waals surface area contributed by atoms with Crippen molar-refractivity contribution in [3.05, 3.63) is 51.5 Å². The maximum absolute atomic E-state index is 13.6. The summed E-state index contributed by atoms with van der Waals surface area (Å²) in [6.07, 6.45) is 1.01. The van der Waals surface area contributed by atoms with Gasteiger partial charge in [-0.3, -0.25) is 0 Å². The first-order valence-electron chi connectivity index (χ1n) is 5.78. The number of benzene rings is 1. The summed E-state index contributed by atoms with van der Waals surface area (Å²) in [4.78, 5) is 3.58. The number of fused-ring (bicyclic) bond motifs is 1. The summed E-state index contributed by atoms with van der Waals surface area (Å²) in [5.74, 6) is -0.439. The molecule has 0 fully saturated rings. The Morgan fingerprint density at radius 3 is 3.00 bits per heavy atom. The fourth-order valence-corrected chi connectivity index (χ4v) is 3.15. The van der Waals surface area contributed by atoms with Gasteiger partial charge in [-0.2, -0.15) is 5.26 Å². The molecule has 0 saturated carbocycles. The van der Waals surface area contributed by atoms with Gasteiger partial charge in [0.2, 0.25) is 0 Å². The molecule has 1 aliphatic rings. The van der Waals surface area contributed by atoms with Crippen molar-refractivity contribution in [1.82, 2.24) is 0 Å². The van der Waals surface area contributed by atoms with Crippen molar-refractivity contribution in [1.29, 1.82) is 5.26 Å². The summed E-state index contributed by atoms with van der Waals surface area (Å²) in [7, 11) is 0. The Hall–Kier alpha value is -1.86. The molecule has 3 rings (SSSR count). The minimum atomic E-state index is -0.439. The molecule has 2 aromatic rings. The number of nitrogens with zero attached hydrogens (tertiary/aromatic N) is 2. The average molecular weight is 258 g/mol. The summed E-state index contributed by atoms with van der Waals surface area (Å²) < 4.78 is 13.6. The summed E-state index contributed by atoms with van der Waals surface area (Å²) in [5, 5.41) is 10.8. The lowest BCUT2D eigenvalue weighted by atomic mass is 10.1. The van der Waals surface area contributed by atoms with E-state index in [9.17, 15) is 4.39 Å². The van der Waals surface area contributed by atoms with Gasteiger partial charge in [-0.05, 0) is 41.6 Å². The molecule has 18 heavy (non-hydrogen) atoms. The van der Waals surface area contributed by atoms with E-state index in [1.54, 1.807) is 17.4 Å². The molecule has 0 aliphatic carbocycles. The molecular formula is C14H11FN2S. The standard InChI is InChI=1S/C14H11FN2S/c15-13-7-12(2-1-10(13)8-16)17-5-3-14-11(9-17)4-6-18-14/h1-2,4,6-7H,3,5,9H2. The molecule has 0 unspecified atom stereocenters. The zero-order valence-electron chi connectivity index (χ0n) is 9.69. The van der Waals surface area contributed by atoms with E-state index in [1.165, 1.54) is 16.5 Å². The molecule has 90 valence electrons. The van der Waals surface area contributed by atoms with Crippen LogP contribution in [-0.2, 0) is 13.0 Å². The number of halogens is 1. The maximum Gasteiger partial charge on any atom is 0.143 e. The zero-order chi connectivity index (χ0) is 12.5. The van der Waals surface area contributed by atoms with Crippen molar-refractivity contribution in [2.45, 2.75) is 13.0 Å². The van der Waals surface area contributed by atoms with Crippen LogP contribution in [-0.4, -0.2) is 6.54 Å². The number of hydrogen-bond acceptors (Lipinski definition) is 3. The molecule has 2 nitrogen and oxygen atoms in total. The Balaban J connectivity index is 1.89. The van der Waals surface area contributed by atoms with E-state index >= 15 is 0 Å². The van der Waals surface area contributed by atoms with Gasteiger partial charge < -0.3 is 4.90 Å². The summed E-state index contributed by atoms with van der Waals surface area (Å²) in [5.41, 5.74) is 2.28. The van der Waals surface area contributed by atoms with Gasteiger partial charge in [0.25, 0.3) is 0 Å². The maximum atomic E-state index is 13.6. The van der Waals surface area contributed by atoms with Crippen LogP contribution in [0.5, 0.6) is 0 Å². The first-order chi connectivity index (χ1) is 8.78. The van der Waals surface area contributed by atoms with Crippen LogP contribution >= 0.6 is 11.3 Å². The third-order valence-corrected chi connectivity index (χ3v) is 4.27. The van der Waals surface area contributed by atoms with E-state index < -0.39 is 5.82 Å². The molecule has 1 aromatic heterocycles. The molecule has 1 aromatic carbocycles. The fraction of sp³-hybridized carbons (Fsp3) is 0.214. The van der Waals surface area contributed by atoms with Gasteiger partial charge in [-0.15, -0.1) is 11.3 Å². The summed E-state index contributed by atoms with van der Waals surface area (Å²) in [6, 6.07) is 8.80. The molecular weight excluding hydrogens is 247 g/mol. The van der Waals surface area contributed by atoms with Crippen molar-refractivity contribution < 1.29 is 4.39 Å². The first kappa shape index (κ1) is 11.2. The first-order valence-corrected chi connectivity index (χ1v) is 6.66. The van der Waals surface area contributed by atoms with Crippen molar-refractivity contribution in [3.8, 4) is 6.07 Å². The van der Waals surface area contributed by atoms with Gasteiger partial charge in [0.05, 0.1) is 5.56 Å². The van der Waals surface area contributed by atoms with Crippen molar-refractivity contribution in [2.75, 3.05) is 11.4 Å². The SMILES string of the molecule is N#Cc1ccc(N2CCc3sccc3C2)cc1F. The molecule has 0 radical (unpaired) electrons. The van der Waals surface area contributed by atoms with E-state index in [4.69, 9.17) is 5.26 Å². The van der Waals surface area contributed by atoms with Crippen LogP contribution in [0.15, 0.2) is 29.6 Å². The predicted molar refractivity (Wildman–Crippen MR) is 70.2 cm³/mol. The zero-order valence-corrected chi connectivity index (χ0v) is 10.5. The van der Waals surface area contributed by atoms with Gasteiger partial charge in [0, 0.05) is 23.7 Å². The van der Waals surface area contributed by atoms with Crippen molar-refractivity contribution in [3.63, 3.8) is 0 Å². The monoisotopic (exact) mass is 258 g/mol. The second-order valence-electron chi connectivity index (χ2n) is 4.32. The number of rotatable bonds is 1. The van der Waals surface area contributed by atoms with Gasteiger partial charge in [0.15, 0.2) is 0 Å². The van der Waals surface area contributed by atoms with Crippen LogP contribution in [0.2, 0.25) is 0 Å². The van der Waals surface area contributed by atoms with E-state index in [-0.39, 0.29) is 5.56 Å². The fourth-order valence-electron chi connectivity index (χ4n) is 2.26. The molecule has 0 bridgehead atoms. The second kappa shape index (κ2) is 4.43. The Labute approximate surface area is 109 Å². The van der Waals surface area contributed by atoms with Crippen LogP contribution in [0.4, 0.5) is 10.1 Å². The van der Waals surface area contributed by atoms with E-state index in [2.05, 4.69) is 16.3 Å². The highest BCUT2D eigenvalue weighted by molar-refractivity contribution is 7.10. The smallest absolute Gasteiger partial charge is 0.143 e. The van der Waals surface area contributed by atoms with Gasteiger partial charge in [-0.1, -0.05) is 0 Å². The molecule has 1 aliphatic heterocycles. The molecule has 0 N–H and O–H groups in total. The van der Waals surface area contributed by atoms with Crippen LogP contribution in [0.1, 0.15) is 16.0 Å². The topological polar surface area (TPSA) is 27.0 Å². The highest BCUT2D eigenvalue weighted by Gasteiger charge is 2.18.